The van der Waals surface area contributed by atoms with Crippen molar-refractivity contribution in [3.63, 3.8) is 0 Å². The molecule has 0 spiro atoms. The molecule has 0 bridgehead atoms. The monoisotopic (exact) mass is 254 g/mol. The Kier molecular flexibility index (Phi) is 8.28. The van der Waals surface area contributed by atoms with E-state index in [0.29, 0.717) is 6.04 Å². The summed E-state index contributed by atoms with van der Waals surface area (Å²) < 4.78 is 0. The second kappa shape index (κ2) is 9.60. The van der Waals surface area contributed by atoms with E-state index in [1.54, 1.807) is 11.3 Å². The van der Waals surface area contributed by atoms with Crippen LogP contribution >= 0.6 is 11.3 Å². The standard InChI is InChI=1S/C14H26N2S/c1-3-4-5-6-7-8-9-10-13(15-2)14-11-16-12-17-14/h11-13,15H,3-10H2,1-2H3. The summed E-state index contributed by atoms with van der Waals surface area (Å²) in [5.41, 5.74) is 1.92. The number of aromatic nitrogens is 1. The number of nitrogens with one attached hydrogen (secondary N) is 1. The van der Waals surface area contributed by atoms with Crippen molar-refractivity contribution in [3.8, 4) is 0 Å². The maximum atomic E-state index is 4.15. The average Bonchev–Trinajstić information content (AvgIpc) is 2.86. The van der Waals surface area contributed by atoms with Crippen LogP contribution in [-0.4, -0.2) is 12.0 Å². The van der Waals surface area contributed by atoms with Gasteiger partial charge in [-0.05, 0) is 13.5 Å². The first-order valence-electron chi connectivity index (χ1n) is 6.94. The van der Waals surface area contributed by atoms with Gasteiger partial charge in [0.05, 0.1) is 5.51 Å². The van der Waals surface area contributed by atoms with Gasteiger partial charge in [-0.25, -0.2) is 0 Å². The predicted molar refractivity (Wildman–Crippen MR) is 76.5 cm³/mol. The molecule has 0 amide bonds. The summed E-state index contributed by atoms with van der Waals surface area (Å²) in [4.78, 5) is 5.52. The lowest BCUT2D eigenvalue weighted by Gasteiger charge is -2.13. The quantitative estimate of drug-likeness (QED) is 0.620. The van der Waals surface area contributed by atoms with Crippen LogP contribution in [0.25, 0.3) is 0 Å². The van der Waals surface area contributed by atoms with Gasteiger partial charge in [0.2, 0.25) is 0 Å². The summed E-state index contributed by atoms with van der Waals surface area (Å²) in [6.45, 7) is 2.27. The molecule has 1 rings (SSSR count). The number of nitrogens with zero attached hydrogens (tertiary/aromatic N) is 1. The lowest BCUT2D eigenvalue weighted by atomic mass is 10.0. The number of rotatable bonds is 10. The molecule has 1 unspecified atom stereocenters. The van der Waals surface area contributed by atoms with Crippen LogP contribution in [0.4, 0.5) is 0 Å². The fraction of sp³-hybridized carbons (Fsp3) is 0.786. The molecule has 0 aliphatic rings. The molecule has 0 radical (unpaired) electrons. The first-order chi connectivity index (χ1) is 8.38. The second-order valence-electron chi connectivity index (χ2n) is 4.66. The van der Waals surface area contributed by atoms with Gasteiger partial charge in [-0.2, -0.15) is 0 Å². The third-order valence-electron chi connectivity index (χ3n) is 3.24. The highest BCUT2D eigenvalue weighted by atomic mass is 32.1. The summed E-state index contributed by atoms with van der Waals surface area (Å²) in [5.74, 6) is 0. The minimum atomic E-state index is 0.512. The zero-order chi connectivity index (χ0) is 12.3. The molecule has 2 nitrogen and oxygen atoms in total. The smallest absolute Gasteiger partial charge is 0.0794 e. The van der Waals surface area contributed by atoms with Crippen LogP contribution in [0.2, 0.25) is 0 Å². The summed E-state index contributed by atoms with van der Waals surface area (Å²) >= 11 is 1.76. The van der Waals surface area contributed by atoms with Crippen LogP contribution in [0, 0.1) is 0 Å². The van der Waals surface area contributed by atoms with E-state index in [0.717, 1.165) is 0 Å². The van der Waals surface area contributed by atoms with E-state index in [1.807, 2.05) is 18.8 Å². The Labute approximate surface area is 110 Å². The second-order valence-corrected chi connectivity index (χ2v) is 5.57. The van der Waals surface area contributed by atoms with Crippen molar-refractivity contribution in [2.24, 2.45) is 0 Å². The fourth-order valence-corrected chi connectivity index (χ4v) is 2.90. The molecule has 1 atom stereocenters. The Bertz CT molecular complexity index is 259. The van der Waals surface area contributed by atoms with Gasteiger partial charge < -0.3 is 5.32 Å². The zero-order valence-electron chi connectivity index (χ0n) is 11.2. The Balaban J connectivity index is 2.04. The first kappa shape index (κ1) is 14.7. The third kappa shape index (κ3) is 6.18. The molecule has 0 fully saturated rings. The fourth-order valence-electron chi connectivity index (χ4n) is 2.13. The van der Waals surface area contributed by atoms with Gasteiger partial charge in [-0.1, -0.05) is 51.9 Å². The number of hydrogen-bond acceptors (Lipinski definition) is 3. The SMILES string of the molecule is CCCCCCCCCC(NC)c1cncs1. The molecule has 0 saturated carbocycles. The maximum Gasteiger partial charge on any atom is 0.0794 e. The Morgan fingerprint density at radius 1 is 1.18 bits per heavy atom. The number of thiazole rings is 1. The van der Waals surface area contributed by atoms with Crippen LogP contribution in [-0.2, 0) is 0 Å². The molecular weight excluding hydrogens is 228 g/mol. The molecule has 17 heavy (non-hydrogen) atoms. The molecule has 1 aromatic rings. The van der Waals surface area contributed by atoms with Gasteiger partial charge in [0, 0.05) is 17.1 Å². The van der Waals surface area contributed by atoms with Gasteiger partial charge in [-0.3, -0.25) is 4.98 Å². The lowest BCUT2D eigenvalue weighted by Crippen LogP contribution is -2.14. The van der Waals surface area contributed by atoms with E-state index >= 15 is 0 Å². The summed E-state index contributed by atoms with van der Waals surface area (Å²) in [5, 5.41) is 3.39. The molecule has 0 aliphatic heterocycles. The van der Waals surface area contributed by atoms with Gasteiger partial charge in [-0.15, -0.1) is 11.3 Å². The van der Waals surface area contributed by atoms with Crippen molar-refractivity contribution >= 4 is 11.3 Å². The van der Waals surface area contributed by atoms with E-state index in [9.17, 15) is 0 Å². The number of unbranched alkanes of at least 4 members (excludes halogenated alkanes) is 6. The lowest BCUT2D eigenvalue weighted by molar-refractivity contribution is 0.500. The average molecular weight is 254 g/mol. The van der Waals surface area contributed by atoms with E-state index in [2.05, 4.69) is 17.2 Å². The first-order valence-corrected chi connectivity index (χ1v) is 7.82. The molecular formula is C14H26N2S. The van der Waals surface area contributed by atoms with Crippen molar-refractivity contribution in [3.05, 3.63) is 16.6 Å². The van der Waals surface area contributed by atoms with Crippen LogP contribution in [0.3, 0.4) is 0 Å². The van der Waals surface area contributed by atoms with E-state index < -0.39 is 0 Å². The van der Waals surface area contributed by atoms with Gasteiger partial charge >= 0.3 is 0 Å². The van der Waals surface area contributed by atoms with Gasteiger partial charge in [0.25, 0.3) is 0 Å². The van der Waals surface area contributed by atoms with Crippen molar-refractivity contribution in [2.75, 3.05) is 7.05 Å². The highest BCUT2D eigenvalue weighted by Gasteiger charge is 2.09. The summed E-state index contributed by atoms with van der Waals surface area (Å²) in [7, 11) is 2.05. The maximum absolute atomic E-state index is 4.15. The highest BCUT2D eigenvalue weighted by Crippen LogP contribution is 2.22. The Hall–Kier alpha value is -0.410. The normalized spacial score (nSPS) is 12.8. The molecule has 98 valence electrons. The van der Waals surface area contributed by atoms with E-state index in [1.165, 1.54) is 56.2 Å². The Morgan fingerprint density at radius 2 is 1.88 bits per heavy atom. The summed E-state index contributed by atoms with van der Waals surface area (Å²) in [6, 6.07) is 0.512. The molecule has 1 heterocycles. The van der Waals surface area contributed by atoms with Crippen molar-refractivity contribution < 1.29 is 0 Å². The molecule has 1 aromatic heterocycles. The van der Waals surface area contributed by atoms with Crippen molar-refractivity contribution in [1.82, 2.24) is 10.3 Å². The number of hydrogen-bond donors (Lipinski definition) is 1. The van der Waals surface area contributed by atoms with Gasteiger partial charge in [0.15, 0.2) is 0 Å². The molecule has 3 heteroatoms. The van der Waals surface area contributed by atoms with Crippen LogP contribution < -0.4 is 5.32 Å². The van der Waals surface area contributed by atoms with Crippen molar-refractivity contribution in [1.29, 1.82) is 0 Å². The van der Waals surface area contributed by atoms with Gasteiger partial charge in [0.1, 0.15) is 0 Å². The van der Waals surface area contributed by atoms with Crippen molar-refractivity contribution in [2.45, 2.75) is 64.3 Å². The minimum Gasteiger partial charge on any atom is -0.312 e. The minimum absolute atomic E-state index is 0.512. The molecule has 0 aromatic carbocycles. The largest absolute Gasteiger partial charge is 0.312 e. The van der Waals surface area contributed by atoms with Crippen LogP contribution in [0.5, 0.6) is 0 Å². The molecule has 0 aliphatic carbocycles. The summed E-state index contributed by atoms with van der Waals surface area (Å²) in [6.07, 6.45) is 12.9. The van der Waals surface area contributed by atoms with E-state index in [4.69, 9.17) is 0 Å². The topological polar surface area (TPSA) is 24.9 Å². The predicted octanol–water partition coefficient (Wildman–Crippen LogP) is 4.54. The molecule has 1 N–H and O–H groups in total. The third-order valence-corrected chi connectivity index (χ3v) is 4.13. The van der Waals surface area contributed by atoms with Crippen LogP contribution in [0.1, 0.15) is 69.2 Å². The zero-order valence-corrected chi connectivity index (χ0v) is 12.1. The van der Waals surface area contributed by atoms with Crippen LogP contribution in [0.15, 0.2) is 11.7 Å². The van der Waals surface area contributed by atoms with E-state index in [-0.39, 0.29) is 0 Å². The Morgan fingerprint density at radius 3 is 2.47 bits per heavy atom. The highest BCUT2D eigenvalue weighted by molar-refractivity contribution is 7.09. The molecule has 0 saturated heterocycles.